The number of hydrogen-bond acceptors (Lipinski definition) is 5. The lowest BCUT2D eigenvalue weighted by atomic mass is 9.93. The van der Waals surface area contributed by atoms with Gasteiger partial charge in [-0.1, -0.05) is 114 Å². The van der Waals surface area contributed by atoms with Gasteiger partial charge in [-0.15, -0.1) is 0 Å². The van der Waals surface area contributed by atoms with Gasteiger partial charge in [-0.25, -0.2) is 4.79 Å². The first kappa shape index (κ1) is 37.6. The Morgan fingerprint density at radius 2 is 1.63 bits per heavy atom. The SMILES string of the molecule is CC[Si](CC)(CC)O[C@](C)(/C=C/[C@H]1CC=CC(=O)O1)[C@H](O)C[C@H](/C=C\[Si](C)(C)Cc1ccccc1)O[Si](C)(C)C(C)(C)C. The summed E-state index contributed by atoms with van der Waals surface area (Å²) in [6.07, 6.45) is 9.03. The largest absolute Gasteiger partial charge is 0.455 e. The summed E-state index contributed by atoms with van der Waals surface area (Å²) in [6.45, 7) is 24.7. The highest BCUT2D eigenvalue weighted by Gasteiger charge is 2.44. The van der Waals surface area contributed by atoms with E-state index in [9.17, 15) is 9.90 Å². The lowest BCUT2D eigenvalue weighted by Gasteiger charge is -2.44. The number of ether oxygens (including phenoxy) is 1. The van der Waals surface area contributed by atoms with Gasteiger partial charge in [0.1, 0.15) is 6.10 Å². The molecular formula is C35H60O5Si3. The summed E-state index contributed by atoms with van der Waals surface area (Å²) in [4.78, 5) is 11.9. The van der Waals surface area contributed by atoms with Crippen molar-refractivity contribution >= 4 is 30.7 Å². The number of rotatable bonds is 16. The van der Waals surface area contributed by atoms with Crippen molar-refractivity contribution in [2.75, 3.05) is 0 Å². The molecule has 0 unspecified atom stereocenters. The first-order valence-corrected chi connectivity index (χ1v) is 25.0. The van der Waals surface area contributed by atoms with Gasteiger partial charge in [0, 0.05) is 18.9 Å². The molecule has 0 saturated carbocycles. The number of aliphatic hydroxyl groups is 1. The van der Waals surface area contributed by atoms with Crippen molar-refractivity contribution in [3.05, 3.63) is 72.0 Å². The van der Waals surface area contributed by atoms with Gasteiger partial charge in [0.15, 0.2) is 16.6 Å². The summed E-state index contributed by atoms with van der Waals surface area (Å²) in [5.74, 6) is -0.335. The molecule has 1 N–H and O–H groups in total. The number of hydrogen-bond donors (Lipinski definition) is 1. The van der Waals surface area contributed by atoms with Crippen molar-refractivity contribution in [3.63, 3.8) is 0 Å². The lowest BCUT2D eigenvalue weighted by molar-refractivity contribution is -0.141. The molecule has 0 radical (unpaired) electrons. The minimum atomic E-state index is -2.15. The van der Waals surface area contributed by atoms with Crippen LogP contribution in [0, 0.1) is 0 Å². The zero-order valence-electron chi connectivity index (χ0n) is 28.9. The van der Waals surface area contributed by atoms with E-state index in [1.165, 1.54) is 11.6 Å². The zero-order valence-corrected chi connectivity index (χ0v) is 31.9. The Kier molecular flexibility index (Phi) is 13.7. The number of esters is 1. The quantitative estimate of drug-likeness (QED) is 0.111. The third kappa shape index (κ3) is 11.4. The topological polar surface area (TPSA) is 65.0 Å². The average Bonchev–Trinajstić information content (AvgIpc) is 2.93. The van der Waals surface area contributed by atoms with Crippen LogP contribution >= 0.6 is 0 Å². The normalized spacial score (nSPS) is 19.9. The molecule has 1 aromatic carbocycles. The smallest absolute Gasteiger partial charge is 0.331 e. The van der Waals surface area contributed by atoms with Crippen molar-refractivity contribution < 1.29 is 23.5 Å². The van der Waals surface area contributed by atoms with Crippen LogP contribution in [0.2, 0.25) is 49.4 Å². The molecule has 0 bridgehead atoms. The molecule has 8 heteroatoms. The van der Waals surface area contributed by atoms with Crippen molar-refractivity contribution in [2.24, 2.45) is 0 Å². The maximum atomic E-state index is 12.1. The van der Waals surface area contributed by atoms with Gasteiger partial charge >= 0.3 is 5.97 Å². The molecular weight excluding hydrogens is 585 g/mol. The average molecular weight is 645 g/mol. The molecule has 0 aliphatic carbocycles. The predicted molar refractivity (Wildman–Crippen MR) is 189 cm³/mol. The first-order chi connectivity index (χ1) is 19.9. The molecule has 0 amide bonds. The fourth-order valence-corrected chi connectivity index (χ4v) is 11.8. The molecule has 4 atom stereocenters. The van der Waals surface area contributed by atoms with Gasteiger partial charge in [-0.3, -0.25) is 0 Å². The second-order valence-corrected chi connectivity index (χ2v) is 28.8. The summed E-state index contributed by atoms with van der Waals surface area (Å²) in [5, 5.41) is 12.1. The molecule has 1 aliphatic rings. The molecule has 242 valence electrons. The van der Waals surface area contributed by atoms with Crippen molar-refractivity contribution in [3.8, 4) is 0 Å². The van der Waals surface area contributed by atoms with Crippen LogP contribution in [0.1, 0.15) is 66.9 Å². The van der Waals surface area contributed by atoms with Gasteiger partial charge in [-0.2, -0.15) is 0 Å². The number of benzene rings is 1. The van der Waals surface area contributed by atoms with E-state index in [2.05, 4.69) is 110 Å². The van der Waals surface area contributed by atoms with Crippen LogP contribution in [0.4, 0.5) is 0 Å². The molecule has 43 heavy (non-hydrogen) atoms. The van der Waals surface area contributed by atoms with Crippen molar-refractivity contribution in [2.45, 2.75) is 141 Å². The lowest BCUT2D eigenvalue weighted by Crippen LogP contribution is -2.52. The second kappa shape index (κ2) is 15.6. The highest BCUT2D eigenvalue weighted by atomic mass is 28.4. The van der Waals surface area contributed by atoms with Crippen LogP contribution in [-0.2, 0) is 24.4 Å². The molecule has 0 aromatic heterocycles. The number of carbonyl (C=O) groups excluding carboxylic acids is 1. The Bertz CT molecular complexity index is 1090. The van der Waals surface area contributed by atoms with Crippen molar-refractivity contribution in [1.82, 2.24) is 0 Å². The third-order valence-electron chi connectivity index (χ3n) is 9.54. The van der Waals surface area contributed by atoms with Gasteiger partial charge in [0.25, 0.3) is 0 Å². The fraction of sp³-hybridized carbons (Fsp3) is 0.629. The van der Waals surface area contributed by atoms with Crippen LogP contribution in [0.5, 0.6) is 0 Å². The first-order valence-electron chi connectivity index (χ1n) is 16.3. The van der Waals surface area contributed by atoms with Crippen LogP contribution in [0.15, 0.2) is 66.4 Å². The van der Waals surface area contributed by atoms with Crippen LogP contribution in [-0.4, -0.2) is 59.7 Å². The van der Waals surface area contributed by atoms with E-state index in [1.807, 2.05) is 25.2 Å². The summed E-state index contributed by atoms with van der Waals surface area (Å²) >= 11 is 0. The summed E-state index contributed by atoms with van der Waals surface area (Å²) in [6, 6.07) is 14.7. The van der Waals surface area contributed by atoms with E-state index < -0.39 is 36.4 Å². The minimum Gasteiger partial charge on any atom is -0.455 e. The molecule has 2 rings (SSSR count). The highest BCUT2D eigenvalue weighted by molar-refractivity contribution is 6.81. The fourth-order valence-electron chi connectivity index (χ4n) is 5.32. The van der Waals surface area contributed by atoms with Crippen LogP contribution in [0.3, 0.4) is 0 Å². The highest BCUT2D eigenvalue weighted by Crippen LogP contribution is 2.39. The Morgan fingerprint density at radius 3 is 2.16 bits per heavy atom. The second-order valence-electron chi connectivity index (χ2n) is 14.7. The van der Waals surface area contributed by atoms with Crippen LogP contribution in [0.25, 0.3) is 0 Å². The van der Waals surface area contributed by atoms with Gasteiger partial charge in [-0.05, 0) is 55.3 Å². The van der Waals surface area contributed by atoms with Crippen LogP contribution < -0.4 is 0 Å². The Labute approximate surface area is 266 Å². The molecule has 1 aliphatic heterocycles. The number of cyclic esters (lactones) is 1. The maximum Gasteiger partial charge on any atom is 0.331 e. The van der Waals surface area contributed by atoms with E-state index in [0.29, 0.717) is 12.8 Å². The summed E-state index contributed by atoms with van der Waals surface area (Å²) in [5.41, 5.74) is 2.81. The van der Waals surface area contributed by atoms with E-state index in [4.69, 9.17) is 13.6 Å². The summed E-state index contributed by atoms with van der Waals surface area (Å²) in [7, 11) is -6.00. The monoisotopic (exact) mass is 644 g/mol. The Hall–Kier alpha value is -1.56. The molecule has 5 nitrogen and oxygen atoms in total. The van der Waals surface area contributed by atoms with Crippen molar-refractivity contribution in [1.29, 1.82) is 0 Å². The summed E-state index contributed by atoms with van der Waals surface area (Å²) < 4.78 is 19.6. The minimum absolute atomic E-state index is 0.0355. The molecule has 1 aromatic rings. The number of carbonyl (C=O) groups is 1. The maximum absolute atomic E-state index is 12.1. The van der Waals surface area contributed by atoms with E-state index in [-0.39, 0.29) is 23.2 Å². The Balaban J connectivity index is 2.45. The molecule has 0 fully saturated rings. The van der Waals surface area contributed by atoms with E-state index in [0.717, 1.165) is 24.2 Å². The number of aliphatic hydroxyl groups excluding tert-OH is 1. The zero-order chi connectivity index (χ0) is 32.5. The molecule has 0 saturated heterocycles. The molecule has 0 spiro atoms. The van der Waals surface area contributed by atoms with Gasteiger partial charge in [0.05, 0.1) is 25.9 Å². The molecule has 1 heterocycles. The standard InChI is InChI=1S/C35H60O5Si3/c1-12-43(13-2,14-3)40-35(7,25-23-30-21-18-22-33(37)38-30)32(36)27-31(39-42(10,11)34(4,5)6)24-26-41(8,9)28-29-19-16-15-17-20-29/h15-20,22-26,30-32,36H,12-14,21,27-28H2,1-11H3/b25-23+,26-24-/t30-,31+,32-,35-/m1/s1. The third-order valence-corrected chi connectivity index (χ3v) is 21.2. The van der Waals surface area contributed by atoms with E-state index >= 15 is 0 Å². The predicted octanol–water partition coefficient (Wildman–Crippen LogP) is 8.92. The van der Waals surface area contributed by atoms with Gasteiger partial charge < -0.3 is 18.7 Å². The Morgan fingerprint density at radius 1 is 1.02 bits per heavy atom. The van der Waals surface area contributed by atoms with Gasteiger partial charge in [0.2, 0.25) is 0 Å². The van der Waals surface area contributed by atoms with E-state index in [1.54, 1.807) is 0 Å².